The van der Waals surface area contributed by atoms with Gasteiger partial charge in [-0.1, -0.05) is 18.5 Å². The SMILES string of the molecule is CCC1=C(Cl)C(=O)N(c2cc(C(F)(F)F)ccn2)C1=O. The Balaban J connectivity index is 2.45. The minimum atomic E-state index is -4.59. The summed E-state index contributed by atoms with van der Waals surface area (Å²) < 4.78 is 37.8. The van der Waals surface area contributed by atoms with Crippen molar-refractivity contribution in [2.24, 2.45) is 0 Å². The summed E-state index contributed by atoms with van der Waals surface area (Å²) in [4.78, 5) is 28.0. The van der Waals surface area contributed by atoms with Crippen molar-refractivity contribution in [3.8, 4) is 0 Å². The third-order valence-electron chi connectivity index (χ3n) is 2.77. The van der Waals surface area contributed by atoms with E-state index < -0.39 is 29.4 Å². The Bertz CT molecular complexity index is 625. The van der Waals surface area contributed by atoms with Crippen LogP contribution in [0.3, 0.4) is 0 Å². The number of hydrogen-bond donors (Lipinski definition) is 0. The first-order valence-corrected chi connectivity index (χ1v) is 5.95. The van der Waals surface area contributed by atoms with Gasteiger partial charge in [-0.2, -0.15) is 13.2 Å². The second-order valence-corrected chi connectivity index (χ2v) is 4.37. The van der Waals surface area contributed by atoms with Crippen LogP contribution >= 0.6 is 11.6 Å². The predicted molar refractivity (Wildman–Crippen MR) is 64.9 cm³/mol. The summed E-state index contributed by atoms with van der Waals surface area (Å²) in [6.07, 6.45) is -3.50. The second-order valence-electron chi connectivity index (χ2n) is 3.99. The van der Waals surface area contributed by atoms with Crippen LogP contribution < -0.4 is 4.90 Å². The van der Waals surface area contributed by atoms with Crippen LogP contribution in [0.15, 0.2) is 28.9 Å². The number of carbonyl (C=O) groups is 2. The number of aromatic nitrogens is 1. The van der Waals surface area contributed by atoms with Crippen molar-refractivity contribution in [2.45, 2.75) is 19.5 Å². The first-order valence-electron chi connectivity index (χ1n) is 5.58. The van der Waals surface area contributed by atoms with Gasteiger partial charge in [0.1, 0.15) is 10.9 Å². The zero-order chi connectivity index (χ0) is 15.1. The first kappa shape index (κ1) is 14.5. The van der Waals surface area contributed by atoms with E-state index in [4.69, 9.17) is 11.6 Å². The van der Waals surface area contributed by atoms with Gasteiger partial charge in [0.2, 0.25) is 0 Å². The van der Waals surface area contributed by atoms with Crippen LogP contribution in [-0.4, -0.2) is 16.8 Å². The lowest BCUT2D eigenvalue weighted by atomic mass is 10.2. The molecule has 0 fully saturated rings. The first-order chi connectivity index (χ1) is 9.27. The van der Waals surface area contributed by atoms with Crippen LogP contribution in [0.4, 0.5) is 19.0 Å². The highest BCUT2D eigenvalue weighted by molar-refractivity contribution is 6.52. The number of rotatable bonds is 2. The van der Waals surface area contributed by atoms with Gasteiger partial charge in [-0.05, 0) is 18.6 Å². The van der Waals surface area contributed by atoms with E-state index in [1.165, 1.54) is 0 Å². The molecule has 0 aliphatic carbocycles. The molecule has 106 valence electrons. The average molecular weight is 305 g/mol. The van der Waals surface area contributed by atoms with Gasteiger partial charge in [-0.3, -0.25) is 9.59 Å². The lowest BCUT2D eigenvalue weighted by Crippen LogP contribution is -2.32. The molecule has 0 unspecified atom stereocenters. The van der Waals surface area contributed by atoms with Gasteiger partial charge >= 0.3 is 6.18 Å². The number of hydrogen-bond acceptors (Lipinski definition) is 3. The van der Waals surface area contributed by atoms with Crippen molar-refractivity contribution >= 4 is 29.2 Å². The van der Waals surface area contributed by atoms with Crippen molar-refractivity contribution in [3.05, 3.63) is 34.5 Å². The summed E-state index contributed by atoms with van der Waals surface area (Å²) in [5.74, 6) is -1.99. The molecule has 0 spiro atoms. The summed E-state index contributed by atoms with van der Waals surface area (Å²) in [5, 5.41) is -0.281. The van der Waals surface area contributed by atoms with Gasteiger partial charge < -0.3 is 0 Å². The van der Waals surface area contributed by atoms with Gasteiger partial charge in [0.15, 0.2) is 0 Å². The molecule has 2 rings (SSSR count). The smallest absolute Gasteiger partial charge is 0.268 e. The van der Waals surface area contributed by atoms with Crippen molar-refractivity contribution in [3.63, 3.8) is 0 Å². The highest BCUT2D eigenvalue weighted by Crippen LogP contribution is 2.34. The molecule has 2 amide bonds. The molecule has 4 nitrogen and oxygen atoms in total. The van der Waals surface area contributed by atoms with E-state index >= 15 is 0 Å². The molecule has 1 aromatic rings. The fourth-order valence-corrected chi connectivity index (χ4v) is 2.08. The summed E-state index contributed by atoms with van der Waals surface area (Å²) in [7, 11) is 0. The number of nitrogens with zero attached hydrogens (tertiary/aromatic N) is 2. The zero-order valence-corrected chi connectivity index (χ0v) is 10.9. The number of anilines is 1. The molecule has 1 aliphatic heterocycles. The Morgan fingerprint density at radius 3 is 2.45 bits per heavy atom. The molecule has 0 N–H and O–H groups in total. The third-order valence-corrected chi connectivity index (χ3v) is 3.16. The van der Waals surface area contributed by atoms with E-state index in [2.05, 4.69) is 4.98 Å². The minimum Gasteiger partial charge on any atom is -0.268 e. The van der Waals surface area contributed by atoms with Crippen LogP contribution in [0.1, 0.15) is 18.9 Å². The molecule has 0 saturated heterocycles. The van der Waals surface area contributed by atoms with Crippen LogP contribution in [0.5, 0.6) is 0 Å². The molecule has 0 saturated carbocycles. The highest BCUT2D eigenvalue weighted by Gasteiger charge is 2.39. The predicted octanol–water partition coefficient (Wildman–Crippen LogP) is 2.88. The Hall–Kier alpha value is -1.89. The van der Waals surface area contributed by atoms with Gasteiger partial charge in [-0.15, -0.1) is 0 Å². The number of alkyl halides is 3. The third kappa shape index (κ3) is 2.29. The van der Waals surface area contributed by atoms with Crippen molar-refractivity contribution in [1.82, 2.24) is 4.98 Å². The largest absolute Gasteiger partial charge is 0.416 e. The lowest BCUT2D eigenvalue weighted by Gasteiger charge is -2.15. The van der Waals surface area contributed by atoms with Gasteiger partial charge in [0.05, 0.1) is 5.56 Å². The maximum absolute atomic E-state index is 12.6. The Morgan fingerprint density at radius 1 is 1.30 bits per heavy atom. The second kappa shape index (κ2) is 4.90. The summed E-state index contributed by atoms with van der Waals surface area (Å²) in [5.41, 5.74) is -0.931. The van der Waals surface area contributed by atoms with Gasteiger partial charge in [0, 0.05) is 11.8 Å². The number of amides is 2. The number of halogens is 4. The Labute approximate surface area is 116 Å². The number of imide groups is 1. The van der Waals surface area contributed by atoms with Crippen molar-refractivity contribution in [2.75, 3.05) is 4.90 Å². The standard InChI is InChI=1S/C12H8ClF3N2O2/c1-2-7-9(13)11(20)18(10(7)19)8-5-6(3-4-17-8)12(14,15)16/h3-5H,2H2,1H3. The molecule has 2 heterocycles. The maximum Gasteiger partial charge on any atom is 0.416 e. The van der Waals surface area contributed by atoms with Gasteiger partial charge in [0.25, 0.3) is 11.8 Å². The van der Waals surface area contributed by atoms with E-state index in [0.29, 0.717) is 11.0 Å². The molecule has 20 heavy (non-hydrogen) atoms. The molecule has 0 bridgehead atoms. The monoisotopic (exact) mass is 304 g/mol. The quantitative estimate of drug-likeness (QED) is 0.789. The zero-order valence-electron chi connectivity index (χ0n) is 10.2. The normalized spacial score (nSPS) is 16.4. The van der Waals surface area contributed by atoms with Crippen LogP contribution in [0.2, 0.25) is 0 Å². The molecule has 8 heteroatoms. The van der Waals surface area contributed by atoms with Crippen LogP contribution in [-0.2, 0) is 15.8 Å². The van der Waals surface area contributed by atoms with E-state index in [0.717, 1.165) is 12.3 Å². The summed E-state index contributed by atoms with van der Waals surface area (Å²) >= 11 is 5.72. The maximum atomic E-state index is 12.6. The number of pyridine rings is 1. The minimum absolute atomic E-state index is 0.0656. The fourth-order valence-electron chi connectivity index (χ4n) is 1.78. The van der Waals surface area contributed by atoms with Crippen LogP contribution in [0.25, 0.3) is 0 Å². The molecule has 0 aromatic carbocycles. The topological polar surface area (TPSA) is 50.3 Å². The Kier molecular flexibility index (Phi) is 3.56. The average Bonchev–Trinajstić information content (AvgIpc) is 2.59. The number of carbonyl (C=O) groups excluding carboxylic acids is 2. The van der Waals surface area contributed by atoms with E-state index in [-0.39, 0.29) is 17.0 Å². The van der Waals surface area contributed by atoms with E-state index in [1.54, 1.807) is 6.92 Å². The van der Waals surface area contributed by atoms with E-state index in [1.807, 2.05) is 0 Å². The molecule has 0 radical (unpaired) electrons. The molecular weight excluding hydrogens is 297 g/mol. The van der Waals surface area contributed by atoms with Crippen molar-refractivity contribution < 1.29 is 22.8 Å². The Morgan fingerprint density at radius 2 is 1.95 bits per heavy atom. The van der Waals surface area contributed by atoms with Crippen molar-refractivity contribution in [1.29, 1.82) is 0 Å². The highest BCUT2D eigenvalue weighted by atomic mass is 35.5. The molecule has 1 aliphatic rings. The molecule has 1 aromatic heterocycles. The lowest BCUT2D eigenvalue weighted by molar-refractivity contribution is -0.137. The summed E-state index contributed by atoms with van der Waals surface area (Å²) in [6, 6.07) is 1.39. The van der Waals surface area contributed by atoms with E-state index in [9.17, 15) is 22.8 Å². The fraction of sp³-hybridized carbons (Fsp3) is 0.250. The van der Waals surface area contributed by atoms with Crippen LogP contribution in [0, 0.1) is 0 Å². The molecule has 0 atom stereocenters. The van der Waals surface area contributed by atoms with Gasteiger partial charge in [-0.25, -0.2) is 9.88 Å². The molecular formula is C12H8ClF3N2O2. The summed E-state index contributed by atoms with van der Waals surface area (Å²) in [6.45, 7) is 1.62.